The number of aromatic amines is 1. The largest absolute Gasteiger partial charge is 0.417 e. The van der Waals surface area contributed by atoms with Gasteiger partial charge in [0.05, 0.1) is 10.4 Å². The average Bonchev–Trinajstić information content (AvgIpc) is 3.05. The highest BCUT2D eigenvalue weighted by atomic mass is 35.5. The van der Waals surface area contributed by atoms with Crippen LogP contribution in [0, 0.1) is 5.41 Å². The van der Waals surface area contributed by atoms with Crippen molar-refractivity contribution in [2.75, 3.05) is 13.1 Å². The Bertz CT molecular complexity index is 1380. The van der Waals surface area contributed by atoms with Crippen molar-refractivity contribution in [1.82, 2.24) is 14.6 Å². The molecule has 0 bridgehead atoms. The second-order valence-corrected chi connectivity index (χ2v) is 11.5. The fourth-order valence-corrected chi connectivity index (χ4v) is 6.63. The Morgan fingerprint density at radius 1 is 1.15 bits per heavy atom. The Morgan fingerprint density at radius 2 is 1.85 bits per heavy atom. The maximum atomic E-state index is 12.7. The Balaban J connectivity index is 1.12. The van der Waals surface area contributed by atoms with Crippen LogP contribution < -0.4 is 10.5 Å². The fourth-order valence-electron chi connectivity index (χ4n) is 4.81. The van der Waals surface area contributed by atoms with E-state index in [1.807, 2.05) is 17.0 Å². The lowest BCUT2D eigenvalue weighted by Gasteiger charge is -2.59. The summed E-state index contributed by atoms with van der Waals surface area (Å²) < 4.78 is 33.1. The molecule has 1 spiro atoms. The fraction of sp³-hybridized carbons (Fsp3) is 0.364. The molecule has 2 fully saturated rings. The molecule has 0 atom stereocenters. The lowest BCUT2D eigenvalue weighted by molar-refractivity contribution is -0.151. The third kappa shape index (κ3) is 4.55. The molecule has 2 N–H and O–H groups in total. The van der Waals surface area contributed by atoms with Gasteiger partial charge in [-0.15, -0.1) is 0 Å². The summed E-state index contributed by atoms with van der Waals surface area (Å²) in [7, 11) is -3.74. The number of carbonyl (C=O) groups is 1. The first-order valence-corrected chi connectivity index (χ1v) is 12.7. The second-order valence-electron chi connectivity index (χ2n) is 8.93. The number of amides is 1. The van der Waals surface area contributed by atoms with Crippen molar-refractivity contribution < 1.29 is 17.6 Å². The van der Waals surface area contributed by atoms with Crippen molar-refractivity contribution in [3.8, 4) is 0 Å². The molecule has 11 heteroatoms. The summed E-state index contributed by atoms with van der Waals surface area (Å²) in [4.78, 5) is 28.1. The third-order valence-corrected chi connectivity index (χ3v) is 8.29. The van der Waals surface area contributed by atoms with E-state index in [0.29, 0.717) is 54.3 Å². The van der Waals surface area contributed by atoms with Gasteiger partial charge >= 0.3 is 5.76 Å². The lowest BCUT2D eigenvalue weighted by atomic mass is 9.61. The number of rotatable bonds is 6. The van der Waals surface area contributed by atoms with E-state index in [0.717, 1.165) is 5.56 Å². The number of likely N-dealkylation sites (tertiary alicyclic amines) is 1. The number of halogens is 2. The quantitative estimate of drug-likeness (QED) is 0.529. The molecule has 3 aromatic rings. The van der Waals surface area contributed by atoms with Crippen LogP contribution in [0.3, 0.4) is 0 Å². The molecule has 1 saturated carbocycles. The number of aryl methyl sites for hydroxylation is 1. The van der Waals surface area contributed by atoms with Crippen LogP contribution in [0.2, 0.25) is 10.0 Å². The van der Waals surface area contributed by atoms with E-state index in [4.69, 9.17) is 27.6 Å². The molecule has 2 aromatic carbocycles. The number of benzene rings is 2. The first-order chi connectivity index (χ1) is 15.6. The van der Waals surface area contributed by atoms with Gasteiger partial charge in [-0.2, -0.15) is 0 Å². The van der Waals surface area contributed by atoms with Crippen LogP contribution in [0.1, 0.15) is 24.8 Å². The van der Waals surface area contributed by atoms with Crippen LogP contribution in [0.15, 0.2) is 50.5 Å². The number of fused-ring (bicyclic) bond motifs is 1. The SMILES string of the molecule is O=C(CCc1cc(Cl)cc(Cl)c1)N1CC2(CC(NS(=O)(=O)c3ccc4[nH]c(=O)oc4c3)C2)C1. The third-order valence-electron chi connectivity index (χ3n) is 6.34. The number of nitrogens with zero attached hydrogens (tertiary/aromatic N) is 1. The molecule has 1 amide bonds. The zero-order valence-electron chi connectivity index (χ0n) is 17.4. The summed E-state index contributed by atoms with van der Waals surface area (Å²) in [5.41, 5.74) is 1.55. The van der Waals surface area contributed by atoms with E-state index >= 15 is 0 Å². The highest BCUT2D eigenvalue weighted by Crippen LogP contribution is 2.48. The molecule has 0 unspecified atom stereocenters. The minimum absolute atomic E-state index is 0.0143. The molecule has 1 aliphatic carbocycles. The molecule has 2 heterocycles. The average molecular weight is 510 g/mol. The topological polar surface area (TPSA) is 112 Å². The van der Waals surface area contributed by atoms with Gasteiger partial charge in [0.2, 0.25) is 15.9 Å². The van der Waals surface area contributed by atoms with Crippen LogP contribution in [0.5, 0.6) is 0 Å². The van der Waals surface area contributed by atoms with Gasteiger partial charge in [0.1, 0.15) is 0 Å². The highest BCUT2D eigenvalue weighted by Gasteiger charge is 2.54. The Labute approximate surface area is 199 Å². The minimum atomic E-state index is -3.74. The lowest BCUT2D eigenvalue weighted by Crippen LogP contribution is -2.67. The van der Waals surface area contributed by atoms with Crippen molar-refractivity contribution in [3.05, 3.63) is 62.6 Å². The van der Waals surface area contributed by atoms with Crippen molar-refractivity contribution in [2.24, 2.45) is 5.41 Å². The number of nitrogens with one attached hydrogen (secondary N) is 2. The smallest absolute Gasteiger partial charge is 0.408 e. The van der Waals surface area contributed by atoms with Crippen LogP contribution in [-0.2, 0) is 21.2 Å². The monoisotopic (exact) mass is 509 g/mol. The molecule has 5 rings (SSSR count). The van der Waals surface area contributed by atoms with Gasteiger partial charge in [0, 0.05) is 47.1 Å². The minimum Gasteiger partial charge on any atom is -0.408 e. The van der Waals surface area contributed by atoms with E-state index in [9.17, 15) is 18.0 Å². The number of oxazole rings is 1. The molecule has 2 aliphatic rings. The first kappa shape index (κ1) is 22.5. The van der Waals surface area contributed by atoms with E-state index in [1.165, 1.54) is 18.2 Å². The molecule has 174 valence electrons. The summed E-state index contributed by atoms with van der Waals surface area (Å²) in [5, 5.41) is 1.10. The number of hydrogen-bond donors (Lipinski definition) is 2. The van der Waals surface area contributed by atoms with E-state index in [2.05, 4.69) is 9.71 Å². The van der Waals surface area contributed by atoms with Crippen LogP contribution in [-0.4, -0.2) is 43.3 Å². The van der Waals surface area contributed by atoms with Crippen molar-refractivity contribution in [1.29, 1.82) is 0 Å². The van der Waals surface area contributed by atoms with Crippen molar-refractivity contribution >= 4 is 50.2 Å². The van der Waals surface area contributed by atoms with Crippen LogP contribution in [0.4, 0.5) is 0 Å². The molecule has 8 nitrogen and oxygen atoms in total. The van der Waals surface area contributed by atoms with E-state index < -0.39 is 15.8 Å². The Hall–Kier alpha value is -2.33. The normalized spacial score (nSPS) is 17.8. The summed E-state index contributed by atoms with van der Waals surface area (Å²) >= 11 is 12.0. The van der Waals surface area contributed by atoms with Gasteiger partial charge in [-0.05, 0) is 55.2 Å². The Kier molecular flexibility index (Phi) is 5.55. The molecular weight excluding hydrogens is 489 g/mol. The summed E-state index contributed by atoms with van der Waals surface area (Å²) in [6, 6.07) is 9.36. The number of carbonyl (C=O) groups excluding carboxylic acids is 1. The van der Waals surface area contributed by atoms with Gasteiger partial charge in [0.15, 0.2) is 5.58 Å². The van der Waals surface area contributed by atoms with Crippen molar-refractivity contribution in [3.63, 3.8) is 0 Å². The maximum Gasteiger partial charge on any atom is 0.417 e. The number of sulfonamides is 1. The van der Waals surface area contributed by atoms with E-state index in [-0.39, 0.29) is 27.8 Å². The van der Waals surface area contributed by atoms with Gasteiger partial charge in [0.25, 0.3) is 0 Å². The second kappa shape index (κ2) is 8.16. The zero-order chi connectivity index (χ0) is 23.4. The highest BCUT2D eigenvalue weighted by molar-refractivity contribution is 7.89. The van der Waals surface area contributed by atoms with Crippen molar-refractivity contribution in [2.45, 2.75) is 36.6 Å². The Morgan fingerprint density at radius 3 is 2.55 bits per heavy atom. The predicted octanol–water partition coefficient (Wildman–Crippen LogP) is 3.33. The summed E-state index contributed by atoms with van der Waals surface area (Å²) in [6.45, 7) is 1.28. The van der Waals surface area contributed by atoms with E-state index in [1.54, 1.807) is 6.07 Å². The number of hydrogen-bond acceptors (Lipinski definition) is 5. The standard InChI is InChI=1S/C22H21Cl2N3O5S/c23-14-5-13(6-15(24)7-14)1-4-20(28)27-11-22(12-27)9-16(10-22)26-33(30,31)17-2-3-18-19(8-17)32-21(29)25-18/h2-3,5-8,16,26H,1,4,9-12H2,(H,25,29). The molecule has 1 aliphatic heterocycles. The van der Waals surface area contributed by atoms with Gasteiger partial charge < -0.3 is 9.32 Å². The molecule has 1 aromatic heterocycles. The van der Waals surface area contributed by atoms with Gasteiger partial charge in [-0.1, -0.05) is 23.2 Å². The van der Waals surface area contributed by atoms with Crippen LogP contribution in [0.25, 0.3) is 11.1 Å². The van der Waals surface area contributed by atoms with Crippen LogP contribution >= 0.6 is 23.2 Å². The summed E-state index contributed by atoms with van der Waals surface area (Å²) in [5.74, 6) is -0.559. The zero-order valence-corrected chi connectivity index (χ0v) is 19.8. The molecule has 1 saturated heterocycles. The molecular formula is C22H21Cl2N3O5S. The molecule has 33 heavy (non-hydrogen) atoms. The number of aromatic nitrogens is 1. The predicted molar refractivity (Wildman–Crippen MR) is 124 cm³/mol. The van der Waals surface area contributed by atoms with Gasteiger partial charge in [-0.3, -0.25) is 9.78 Å². The first-order valence-electron chi connectivity index (χ1n) is 10.5. The van der Waals surface area contributed by atoms with Gasteiger partial charge in [-0.25, -0.2) is 17.9 Å². The maximum absolute atomic E-state index is 12.7. The molecule has 0 radical (unpaired) electrons. The summed E-state index contributed by atoms with van der Waals surface area (Å²) in [6.07, 6.45) is 2.31. The number of H-pyrrole nitrogens is 1.